The smallest absolute Gasteiger partial charge is 0.422 e. The SMILES string of the molecule is C[C@@H]1C[C@H](N2C(=O)C[C@@](C)(c3cccc(Nc4ccc(OCC(F)(F)F)nn4)c3Cl)N=C2N)CCO1. The molecule has 0 spiro atoms. The van der Waals surface area contributed by atoms with Gasteiger partial charge in [0, 0.05) is 24.3 Å². The molecule has 0 aliphatic carbocycles. The Labute approximate surface area is 210 Å². The van der Waals surface area contributed by atoms with E-state index in [0.717, 1.165) is 0 Å². The van der Waals surface area contributed by atoms with Crippen molar-refractivity contribution in [3.8, 4) is 5.88 Å². The number of nitrogens with one attached hydrogen (secondary N) is 1. The van der Waals surface area contributed by atoms with E-state index in [9.17, 15) is 18.0 Å². The van der Waals surface area contributed by atoms with Crippen LogP contribution in [0.4, 0.5) is 24.7 Å². The van der Waals surface area contributed by atoms with Crippen molar-refractivity contribution in [3.05, 3.63) is 40.9 Å². The van der Waals surface area contributed by atoms with Crippen LogP contribution in [0.25, 0.3) is 0 Å². The molecule has 1 aromatic carbocycles. The average Bonchev–Trinajstić information content (AvgIpc) is 2.79. The quantitative estimate of drug-likeness (QED) is 0.581. The first-order valence-electron chi connectivity index (χ1n) is 11.3. The Kier molecular flexibility index (Phi) is 7.28. The first kappa shape index (κ1) is 26.0. The van der Waals surface area contributed by atoms with Crippen LogP contribution in [0.3, 0.4) is 0 Å². The monoisotopic (exact) mass is 526 g/mol. The maximum absolute atomic E-state index is 13.2. The summed E-state index contributed by atoms with van der Waals surface area (Å²) in [6.07, 6.45) is -3.00. The number of alkyl halides is 3. The molecule has 3 atom stereocenters. The molecule has 2 aliphatic rings. The number of hydrogen-bond acceptors (Lipinski definition) is 8. The van der Waals surface area contributed by atoms with Crippen molar-refractivity contribution in [1.29, 1.82) is 0 Å². The van der Waals surface area contributed by atoms with Gasteiger partial charge in [-0.3, -0.25) is 9.69 Å². The van der Waals surface area contributed by atoms with Gasteiger partial charge in [-0.05, 0) is 38.8 Å². The van der Waals surface area contributed by atoms with E-state index >= 15 is 0 Å². The second kappa shape index (κ2) is 10.1. The zero-order valence-electron chi connectivity index (χ0n) is 19.7. The van der Waals surface area contributed by atoms with Gasteiger partial charge >= 0.3 is 6.18 Å². The molecule has 4 rings (SSSR count). The number of benzene rings is 1. The first-order valence-corrected chi connectivity index (χ1v) is 11.7. The number of aromatic nitrogens is 2. The summed E-state index contributed by atoms with van der Waals surface area (Å²) < 4.78 is 47.1. The third-order valence-electron chi connectivity index (χ3n) is 6.06. The molecule has 2 aliphatic heterocycles. The summed E-state index contributed by atoms with van der Waals surface area (Å²) in [4.78, 5) is 19.5. The lowest BCUT2D eigenvalue weighted by molar-refractivity contribution is -0.154. The fourth-order valence-corrected chi connectivity index (χ4v) is 4.79. The van der Waals surface area contributed by atoms with Crippen LogP contribution >= 0.6 is 11.6 Å². The van der Waals surface area contributed by atoms with Gasteiger partial charge in [0.1, 0.15) is 0 Å². The lowest BCUT2D eigenvalue weighted by Crippen LogP contribution is -2.56. The highest BCUT2D eigenvalue weighted by Crippen LogP contribution is 2.41. The third kappa shape index (κ3) is 5.81. The molecule has 2 aromatic rings. The van der Waals surface area contributed by atoms with Crippen molar-refractivity contribution in [2.45, 2.75) is 57.0 Å². The van der Waals surface area contributed by atoms with E-state index in [0.29, 0.717) is 35.7 Å². The van der Waals surface area contributed by atoms with Crippen molar-refractivity contribution in [2.24, 2.45) is 10.7 Å². The molecule has 0 unspecified atom stereocenters. The molecule has 0 bridgehead atoms. The molecular weight excluding hydrogens is 501 g/mol. The average molecular weight is 527 g/mol. The predicted octanol–water partition coefficient (Wildman–Crippen LogP) is 4.14. The minimum Gasteiger partial charge on any atom is -0.467 e. The Bertz CT molecular complexity index is 1150. The van der Waals surface area contributed by atoms with Crippen LogP contribution in [-0.2, 0) is 15.1 Å². The van der Waals surface area contributed by atoms with Crippen LogP contribution in [0.15, 0.2) is 35.3 Å². The normalized spacial score (nSPS) is 24.9. The molecular formula is C23H26ClF3N6O3. The summed E-state index contributed by atoms with van der Waals surface area (Å²) in [7, 11) is 0. The highest BCUT2D eigenvalue weighted by atomic mass is 35.5. The number of rotatable bonds is 6. The van der Waals surface area contributed by atoms with Gasteiger partial charge in [-0.1, -0.05) is 23.7 Å². The van der Waals surface area contributed by atoms with E-state index < -0.39 is 18.3 Å². The maximum Gasteiger partial charge on any atom is 0.422 e. The Morgan fingerprint density at radius 3 is 2.72 bits per heavy atom. The Hall–Kier alpha value is -3.12. The number of halogens is 4. The van der Waals surface area contributed by atoms with Crippen molar-refractivity contribution < 1.29 is 27.4 Å². The molecule has 36 heavy (non-hydrogen) atoms. The van der Waals surface area contributed by atoms with Gasteiger partial charge in [0.25, 0.3) is 0 Å². The zero-order valence-corrected chi connectivity index (χ0v) is 20.4. The van der Waals surface area contributed by atoms with Gasteiger partial charge in [-0.15, -0.1) is 10.2 Å². The minimum absolute atomic E-state index is 0.0308. The van der Waals surface area contributed by atoms with Gasteiger partial charge in [0.2, 0.25) is 11.8 Å². The molecule has 1 saturated heterocycles. The number of carbonyl (C=O) groups excluding carboxylic acids is 1. The molecule has 3 N–H and O–H groups in total. The molecule has 13 heteroatoms. The molecule has 0 radical (unpaired) electrons. The Morgan fingerprint density at radius 1 is 1.31 bits per heavy atom. The van der Waals surface area contributed by atoms with Crippen LogP contribution < -0.4 is 15.8 Å². The molecule has 194 valence electrons. The largest absolute Gasteiger partial charge is 0.467 e. The van der Waals surface area contributed by atoms with Gasteiger partial charge in [0.05, 0.1) is 28.8 Å². The van der Waals surface area contributed by atoms with Crippen molar-refractivity contribution in [1.82, 2.24) is 15.1 Å². The molecule has 1 amide bonds. The number of nitrogens with zero attached hydrogens (tertiary/aromatic N) is 4. The fourth-order valence-electron chi connectivity index (χ4n) is 4.41. The second-order valence-electron chi connectivity index (χ2n) is 9.00. The topological polar surface area (TPSA) is 115 Å². The van der Waals surface area contributed by atoms with Gasteiger partial charge in [-0.2, -0.15) is 13.2 Å². The summed E-state index contributed by atoms with van der Waals surface area (Å²) in [5.74, 6) is -0.0261. The predicted molar refractivity (Wildman–Crippen MR) is 127 cm³/mol. The summed E-state index contributed by atoms with van der Waals surface area (Å²) in [6, 6.07) is 7.81. The summed E-state index contributed by atoms with van der Waals surface area (Å²) in [5, 5.41) is 10.8. The number of hydrogen-bond donors (Lipinski definition) is 2. The highest BCUT2D eigenvalue weighted by molar-refractivity contribution is 6.34. The van der Waals surface area contributed by atoms with E-state index in [1.165, 1.54) is 12.1 Å². The van der Waals surface area contributed by atoms with E-state index in [1.54, 1.807) is 30.0 Å². The zero-order chi connectivity index (χ0) is 26.1. The number of carbonyl (C=O) groups is 1. The van der Waals surface area contributed by atoms with Crippen molar-refractivity contribution in [2.75, 3.05) is 18.5 Å². The van der Waals surface area contributed by atoms with Crippen molar-refractivity contribution >= 4 is 35.0 Å². The van der Waals surface area contributed by atoms with Crippen LogP contribution in [0.5, 0.6) is 5.88 Å². The minimum atomic E-state index is -4.48. The lowest BCUT2D eigenvalue weighted by atomic mass is 9.86. The summed E-state index contributed by atoms with van der Waals surface area (Å²) >= 11 is 6.70. The van der Waals surface area contributed by atoms with E-state index in [1.807, 2.05) is 6.92 Å². The lowest BCUT2D eigenvalue weighted by Gasteiger charge is -2.41. The van der Waals surface area contributed by atoms with E-state index in [-0.39, 0.29) is 42.1 Å². The van der Waals surface area contributed by atoms with Gasteiger partial charge in [-0.25, -0.2) is 4.99 Å². The maximum atomic E-state index is 13.2. The van der Waals surface area contributed by atoms with Crippen LogP contribution in [0.1, 0.15) is 38.7 Å². The van der Waals surface area contributed by atoms with E-state index in [4.69, 9.17) is 22.1 Å². The highest BCUT2D eigenvalue weighted by Gasteiger charge is 2.42. The third-order valence-corrected chi connectivity index (χ3v) is 6.47. The van der Waals surface area contributed by atoms with E-state index in [2.05, 4.69) is 25.2 Å². The fraction of sp³-hybridized carbons (Fsp3) is 0.478. The van der Waals surface area contributed by atoms with Gasteiger partial charge < -0.3 is 20.5 Å². The molecule has 1 fully saturated rings. The number of nitrogens with two attached hydrogens (primary N) is 1. The second-order valence-corrected chi connectivity index (χ2v) is 9.37. The van der Waals surface area contributed by atoms with Crippen LogP contribution in [-0.4, -0.2) is 58.5 Å². The van der Waals surface area contributed by atoms with Crippen molar-refractivity contribution in [3.63, 3.8) is 0 Å². The van der Waals surface area contributed by atoms with Crippen LogP contribution in [0, 0.1) is 0 Å². The molecule has 9 nitrogen and oxygen atoms in total. The number of ether oxygens (including phenoxy) is 2. The summed E-state index contributed by atoms with van der Waals surface area (Å²) in [6.45, 7) is 2.84. The number of anilines is 2. The molecule has 1 aromatic heterocycles. The van der Waals surface area contributed by atoms with Crippen LogP contribution in [0.2, 0.25) is 5.02 Å². The molecule has 0 saturated carbocycles. The number of guanidine groups is 1. The van der Waals surface area contributed by atoms with Gasteiger partial charge in [0.15, 0.2) is 18.4 Å². The molecule has 3 heterocycles. The Morgan fingerprint density at radius 2 is 2.08 bits per heavy atom. The first-order chi connectivity index (χ1) is 16.9. The Balaban J connectivity index is 1.53. The summed E-state index contributed by atoms with van der Waals surface area (Å²) in [5.41, 5.74) is 6.34. The number of amides is 1. The standard InChI is InChI=1S/C23H26ClF3N6O3/c1-13-10-14(8-9-35-13)33-19(34)11-22(2,30-21(33)28)15-4-3-5-16(20(15)24)29-17-6-7-18(32-31-17)36-12-23(25,26)27/h3-7,13-14H,8-12H2,1-2H3,(H2,28,30)(H,29,31)/t13-,14-,22+/m1/s1. The number of aliphatic imine (C=N–C) groups is 1.